The van der Waals surface area contributed by atoms with Gasteiger partial charge >= 0.3 is 0 Å². The van der Waals surface area contributed by atoms with Crippen LogP contribution in [-0.4, -0.2) is 9.97 Å². The van der Waals surface area contributed by atoms with Crippen LogP contribution in [0, 0.1) is 0 Å². The van der Waals surface area contributed by atoms with Crippen molar-refractivity contribution in [3.63, 3.8) is 0 Å². The Morgan fingerprint density at radius 2 is 1.89 bits per heavy atom. The smallest absolute Gasteiger partial charge is 0.251 e. The minimum Gasteiger partial charge on any atom is -0.311 e. The van der Waals surface area contributed by atoms with Crippen LogP contribution in [0.3, 0.4) is 0 Å². The minimum absolute atomic E-state index is 0.0586. The topological polar surface area (TPSA) is 45.8 Å². The third kappa shape index (κ3) is 3.29. The number of nitrogens with zero attached hydrogens (tertiary/aromatic N) is 1. The van der Waals surface area contributed by atoms with Crippen LogP contribution < -0.4 is 5.56 Å². The van der Waals surface area contributed by atoms with Crippen molar-refractivity contribution in [3.8, 4) is 0 Å². The Morgan fingerprint density at radius 3 is 2.56 bits per heavy atom. The van der Waals surface area contributed by atoms with E-state index in [1.165, 1.54) is 5.56 Å². The van der Waals surface area contributed by atoms with Crippen molar-refractivity contribution in [1.29, 1.82) is 0 Å². The van der Waals surface area contributed by atoms with Crippen LogP contribution in [0.15, 0.2) is 41.2 Å². The lowest BCUT2D eigenvalue weighted by Crippen LogP contribution is -2.14. The molecule has 0 aliphatic carbocycles. The van der Waals surface area contributed by atoms with Crippen LogP contribution in [0.5, 0.6) is 0 Å². The first-order valence-electron chi connectivity index (χ1n) is 6.29. The number of aromatic nitrogens is 2. The zero-order chi connectivity index (χ0) is 13.0. The molecule has 3 nitrogen and oxygen atoms in total. The van der Waals surface area contributed by atoms with E-state index in [2.05, 4.69) is 22.1 Å². The summed E-state index contributed by atoms with van der Waals surface area (Å²) in [6, 6.07) is 11.8. The van der Waals surface area contributed by atoms with Gasteiger partial charge < -0.3 is 4.98 Å². The molecule has 1 aromatic carbocycles. The summed E-state index contributed by atoms with van der Waals surface area (Å²) in [5.74, 6) is 1.05. The summed E-state index contributed by atoms with van der Waals surface area (Å²) in [5.41, 5.74) is 2.06. The van der Waals surface area contributed by atoms with E-state index < -0.39 is 0 Å². The molecular formula is C15H18N2O. The lowest BCUT2D eigenvalue weighted by atomic mass is 10.1. The summed E-state index contributed by atoms with van der Waals surface area (Å²) in [6.45, 7) is 4.09. The van der Waals surface area contributed by atoms with Crippen molar-refractivity contribution in [3.05, 3.63) is 63.8 Å². The highest BCUT2D eigenvalue weighted by atomic mass is 16.1. The number of aromatic amines is 1. The van der Waals surface area contributed by atoms with Crippen molar-refractivity contribution < 1.29 is 0 Å². The van der Waals surface area contributed by atoms with Gasteiger partial charge in [0.05, 0.1) is 5.69 Å². The summed E-state index contributed by atoms with van der Waals surface area (Å²) < 4.78 is 0. The van der Waals surface area contributed by atoms with Gasteiger partial charge in [0.15, 0.2) is 0 Å². The Bertz CT molecular complexity index is 558. The molecule has 2 aromatic rings. The Kier molecular flexibility index (Phi) is 3.92. The number of H-pyrrole nitrogens is 1. The fraction of sp³-hybridized carbons (Fsp3) is 0.333. The quantitative estimate of drug-likeness (QED) is 0.896. The van der Waals surface area contributed by atoms with E-state index in [1.54, 1.807) is 6.07 Å². The molecule has 0 unspecified atom stereocenters. The predicted octanol–water partition coefficient (Wildman–Crippen LogP) is 2.68. The van der Waals surface area contributed by atoms with Crippen LogP contribution in [-0.2, 0) is 12.8 Å². The summed E-state index contributed by atoms with van der Waals surface area (Å²) in [4.78, 5) is 18.8. The van der Waals surface area contributed by atoms with Gasteiger partial charge in [-0.2, -0.15) is 0 Å². The van der Waals surface area contributed by atoms with Crippen molar-refractivity contribution in [2.45, 2.75) is 32.6 Å². The van der Waals surface area contributed by atoms with E-state index in [0.29, 0.717) is 0 Å². The Hall–Kier alpha value is -1.90. The van der Waals surface area contributed by atoms with E-state index in [-0.39, 0.29) is 11.5 Å². The maximum Gasteiger partial charge on any atom is 0.251 e. The van der Waals surface area contributed by atoms with Gasteiger partial charge in [-0.1, -0.05) is 44.2 Å². The van der Waals surface area contributed by atoms with Gasteiger partial charge in [-0.15, -0.1) is 0 Å². The van der Waals surface area contributed by atoms with E-state index in [4.69, 9.17) is 0 Å². The molecule has 0 bridgehead atoms. The number of hydrogen-bond acceptors (Lipinski definition) is 2. The Labute approximate surface area is 107 Å². The van der Waals surface area contributed by atoms with Gasteiger partial charge in [-0.3, -0.25) is 4.79 Å². The summed E-state index contributed by atoms with van der Waals surface area (Å²) >= 11 is 0. The van der Waals surface area contributed by atoms with Gasteiger partial charge in [-0.25, -0.2) is 4.98 Å². The van der Waals surface area contributed by atoms with Crippen LogP contribution in [0.1, 0.15) is 36.8 Å². The van der Waals surface area contributed by atoms with Gasteiger partial charge in [0, 0.05) is 12.5 Å². The van der Waals surface area contributed by atoms with Gasteiger partial charge in [0.25, 0.3) is 5.56 Å². The van der Waals surface area contributed by atoms with E-state index in [1.807, 2.05) is 32.0 Å². The molecule has 0 atom stereocenters. The fourth-order valence-corrected chi connectivity index (χ4v) is 1.85. The van der Waals surface area contributed by atoms with Crippen molar-refractivity contribution in [2.24, 2.45) is 0 Å². The number of hydrogen-bond donors (Lipinski definition) is 1. The van der Waals surface area contributed by atoms with Crippen LogP contribution >= 0.6 is 0 Å². The average Bonchev–Trinajstić information content (AvgIpc) is 2.37. The zero-order valence-electron chi connectivity index (χ0n) is 10.8. The predicted molar refractivity (Wildman–Crippen MR) is 72.8 cm³/mol. The maximum atomic E-state index is 11.5. The molecule has 3 heteroatoms. The molecule has 0 saturated carbocycles. The largest absolute Gasteiger partial charge is 0.311 e. The van der Waals surface area contributed by atoms with Gasteiger partial charge in [-0.05, 0) is 17.9 Å². The van der Waals surface area contributed by atoms with Gasteiger partial charge in [0.2, 0.25) is 0 Å². The zero-order valence-corrected chi connectivity index (χ0v) is 10.8. The molecule has 0 amide bonds. The first-order valence-corrected chi connectivity index (χ1v) is 6.29. The monoisotopic (exact) mass is 242 g/mol. The van der Waals surface area contributed by atoms with Crippen LogP contribution in [0.4, 0.5) is 0 Å². The van der Waals surface area contributed by atoms with E-state index in [0.717, 1.165) is 24.4 Å². The van der Waals surface area contributed by atoms with Gasteiger partial charge in [0.1, 0.15) is 5.82 Å². The van der Waals surface area contributed by atoms with Crippen LogP contribution in [0.2, 0.25) is 0 Å². The normalized spacial score (nSPS) is 10.8. The summed E-state index contributed by atoms with van der Waals surface area (Å²) in [6.07, 6.45) is 1.66. The number of nitrogens with one attached hydrogen (secondary N) is 1. The van der Waals surface area contributed by atoms with E-state index in [9.17, 15) is 4.79 Å². The molecule has 94 valence electrons. The summed E-state index contributed by atoms with van der Waals surface area (Å²) in [7, 11) is 0. The molecule has 0 saturated heterocycles. The summed E-state index contributed by atoms with van der Waals surface area (Å²) in [5, 5.41) is 0. The average molecular weight is 242 g/mol. The molecule has 0 aliphatic heterocycles. The highest BCUT2D eigenvalue weighted by Crippen LogP contribution is 2.09. The molecule has 1 heterocycles. The van der Waals surface area contributed by atoms with E-state index >= 15 is 0 Å². The minimum atomic E-state index is -0.0586. The van der Waals surface area contributed by atoms with Crippen molar-refractivity contribution in [2.75, 3.05) is 0 Å². The van der Waals surface area contributed by atoms with Crippen molar-refractivity contribution >= 4 is 0 Å². The lowest BCUT2D eigenvalue weighted by Gasteiger charge is -2.06. The molecule has 0 spiro atoms. The SMILES string of the molecule is CC(C)c1cc(=O)[nH]c(CCc2ccccc2)n1. The maximum absolute atomic E-state index is 11.5. The number of benzene rings is 1. The third-order valence-electron chi connectivity index (χ3n) is 2.90. The molecule has 18 heavy (non-hydrogen) atoms. The number of rotatable bonds is 4. The highest BCUT2D eigenvalue weighted by Gasteiger charge is 2.05. The first kappa shape index (κ1) is 12.6. The molecule has 1 aromatic heterocycles. The second-order valence-corrected chi connectivity index (χ2v) is 4.76. The second kappa shape index (κ2) is 5.63. The second-order valence-electron chi connectivity index (χ2n) is 4.76. The molecule has 0 aliphatic rings. The first-order chi connectivity index (χ1) is 8.65. The number of aryl methyl sites for hydroxylation is 2. The van der Waals surface area contributed by atoms with Crippen molar-refractivity contribution in [1.82, 2.24) is 9.97 Å². The van der Waals surface area contributed by atoms with Crippen LogP contribution in [0.25, 0.3) is 0 Å². The molecule has 1 N–H and O–H groups in total. The lowest BCUT2D eigenvalue weighted by molar-refractivity contribution is 0.763. The molecule has 0 fully saturated rings. The fourth-order valence-electron chi connectivity index (χ4n) is 1.85. The molecular weight excluding hydrogens is 224 g/mol. The molecule has 2 rings (SSSR count). The standard InChI is InChI=1S/C15H18N2O/c1-11(2)13-10-15(18)17-14(16-13)9-8-12-6-4-3-5-7-12/h3-7,10-11H,8-9H2,1-2H3,(H,16,17,18). The highest BCUT2D eigenvalue weighted by molar-refractivity contribution is 5.16. The Morgan fingerprint density at radius 1 is 1.17 bits per heavy atom. The third-order valence-corrected chi connectivity index (χ3v) is 2.90. The molecule has 0 radical (unpaired) electrons. The Balaban J connectivity index is 2.12.